The first-order valence-corrected chi connectivity index (χ1v) is 13.2. The van der Waals surface area contributed by atoms with Crippen molar-refractivity contribution < 1.29 is 19.1 Å². The van der Waals surface area contributed by atoms with Crippen LogP contribution >= 0.6 is 12.6 Å². The molecule has 2 unspecified atom stereocenters. The average Bonchev–Trinajstić information content (AvgIpc) is 2.82. The van der Waals surface area contributed by atoms with Crippen molar-refractivity contribution in [2.45, 2.75) is 97.4 Å². The fourth-order valence-electron chi connectivity index (χ4n) is 3.61. The Morgan fingerprint density at radius 3 is 2.17 bits per heavy atom. The Labute approximate surface area is 222 Å². The van der Waals surface area contributed by atoms with Crippen LogP contribution in [-0.2, 0) is 14.3 Å². The van der Waals surface area contributed by atoms with Gasteiger partial charge in [0.15, 0.2) is 0 Å². The molecule has 1 aromatic carbocycles. The van der Waals surface area contributed by atoms with E-state index in [1.807, 2.05) is 20.8 Å². The third-order valence-corrected chi connectivity index (χ3v) is 6.27. The first-order chi connectivity index (χ1) is 16.8. The van der Waals surface area contributed by atoms with E-state index < -0.39 is 35.2 Å². The molecular formula is C28H43N3O4S. The number of nitrogens with zero attached hydrogens (tertiary/aromatic N) is 1. The van der Waals surface area contributed by atoms with Crippen LogP contribution in [0, 0.1) is 12.3 Å². The van der Waals surface area contributed by atoms with Crippen LogP contribution in [0.4, 0.5) is 4.79 Å². The Hall–Kier alpha value is -2.66. The van der Waals surface area contributed by atoms with Gasteiger partial charge < -0.3 is 20.3 Å². The quantitative estimate of drug-likeness (QED) is 0.210. The summed E-state index contributed by atoms with van der Waals surface area (Å²) in [6.45, 7) is 13.6. The number of unbranched alkanes of at least 4 members (excludes halogenated alkanes) is 2. The van der Waals surface area contributed by atoms with Crippen LogP contribution in [0.25, 0.3) is 0 Å². The summed E-state index contributed by atoms with van der Waals surface area (Å²) in [4.78, 5) is 41.7. The summed E-state index contributed by atoms with van der Waals surface area (Å²) in [5.41, 5.74) is -0.138. The smallest absolute Gasteiger partial charge is 0.408 e. The van der Waals surface area contributed by atoms with Crippen molar-refractivity contribution in [3.05, 3.63) is 35.4 Å². The molecule has 3 amide bonds. The van der Waals surface area contributed by atoms with Gasteiger partial charge in [-0.3, -0.25) is 9.59 Å². The summed E-state index contributed by atoms with van der Waals surface area (Å²) in [6.07, 6.45) is 8.24. The lowest BCUT2D eigenvalue weighted by Crippen LogP contribution is -2.60. The molecule has 8 heteroatoms. The maximum atomic E-state index is 14.0. The molecule has 1 rings (SSSR count). The topological polar surface area (TPSA) is 87.7 Å². The molecule has 200 valence electrons. The van der Waals surface area contributed by atoms with E-state index in [1.165, 1.54) is 0 Å². The summed E-state index contributed by atoms with van der Waals surface area (Å²) in [7, 11) is 0. The normalized spacial score (nSPS) is 13.2. The van der Waals surface area contributed by atoms with Crippen LogP contribution in [0.2, 0.25) is 0 Å². The molecule has 0 bridgehead atoms. The second-order valence-corrected chi connectivity index (χ2v) is 10.8. The van der Waals surface area contributed by atoms with Crippen LogP contribution in [-0.4, -0.2) is 52.3 Å². The maximum Gasteiger partial charge on any atom is 0.408 e. The molecule has 2 N–H and O–H groups in total. The van der Waals surface area contributed by atoms with E-state index in [-0.39, 0.29) is 11.7 Å². The van der Waals surface area contributed by atoms with E-state index in [0.717, 1.165) is 19.3 Å². The zero-order valence-electron chi connectivity index (χ0n) is 22.8. The fourth-order valence-corrected chi connectivity index (χ4v) is 3.86. The highest BCUT2D eigenvalue weighted by Gasteiger charge is 2.42. The van der Waals surface area contributed by atoms with Crippen LogP contribution in [0.15, 0.2) is 24.3 Å². The van der Waals surface area contributed by atoms with Gasteiger partial charge in [0.05, 0.1) is 0 Å². The number of amides is 3. The summed E-state index contributed by atoms with van der Waals surface area (Å²) in [5.74, 6) is 1.91. The number of carbonyl (C=O) groups excluding carboxylic acids is 3. The monoisotopic (exact) mass is 517 g/mol. The van der Waals surface area contributed by atoms with Crippen LogP contribution in [0.1, 0.15) is 91.3 Å². The molecule has 1 aromatic rings. The molecule has 0 aliphatic rings. The number of nitrogens with one attached hydrogen (secondary N) is 2. The van der Waals surface area contributed by atoms with E-state index in [2.05, 4.69) is 36.1 Å². The Morgan fingerprint density at radius 2 is 1.69 bits per heavy atom. The summed E-state index contributed by atoms with van der Waals surface area (Å²) < 4.78 is 5.35. The number of hydrogen-bond donors (Lipinski definition) is 3. The summed E-state index contributed by atoms with van der Waals surface area (Å²) in [5, 5.41) is 5.64. The zero-order valence-corrected chi connectivity index (χ0v) is 23.7. The number of rotatable bonds is 12. The van der Waals surface area contributed by atoms with Gasteiger partial charge >= 0.3 is 6.09 Å². The van der Waals surface area contributed by atoms with E-state index >= 15 is 0 Å². The first-order valence-electron chi connectivity index (χ1n) is 12.6. The zero-order chi connectivity index (χ0) is 27.5. The number of benzene rings is 1. The fraction of sp³-hybridized carbons (Fsp3) is 0.607. The number of carbonyl (C=O) groups is 3. The van der Waals surface area contributed by atoms with Gasteiger partial charge in [-0.25, -0.2) is 4.79 Å². The molecule has 36 heavy (non-hydrogen) atoms. The molecule has 0 radical (unpaired) electrons. The van der Waals surface area contributed by atoms with Gasteiger partial charge in [0, 0.05) is 23.4 Å². The van der Waals surface area contributed by atoms with E-state index in [9.17, 15) is 14.4 Å². The van der Waals surface area contributed by atoms with Crippen molar-refractivity contribution in [2.24, 2.45) is 0 Å². The minimum Gasteiger partial charge on any atom is -0.444 e. The molecule has 0 spiro atoms. The standard InChI is InChI=1S/C28H43N3O4S/c1-9-12-13-18-29-24(32)23(21-16-14-20(10-2)15-17-21)31(28(7,8)11-3)25(33)22(19-36)30-26(34)35-27(4,5)6/h2,14-17,22-23,36H,9,11-13,18-19H2,1,3-8H3,(H,29,32)(H,30,34). The summed E-state index contributed by atoms with van der Waals surface area (Å²) >= 11 is 4.33. The summed E-state index contributed by atoms with van der Waals surface area (Å²) in [6, 6.07) is 5.13. The maximum absolute atomic E-state index is 14.0. The van der Waals surface area contributed by atoms with Gasteiger partial charge in [-0.2, -0.15) is 12.6 Å². The van der Waals surface area contributed by atoms with Crippen molar-refractivity contribution in [3.63, 3.8) is 0 Å². The average molecular weight is 518 g/mol. The van der Waals surface area contributed by atoms with Gasteiger partial charge in [-0.05, 0) is 65.2 Å². The van der Waals surface area contributed by atoms with Gasteiger partial charge in [-0.15, -0.1) is 6.42 Å². The molecule has 0 heterocycles. The minimum atomic E-state index is -0.991. The van der Waals surface area contributed by atoms with Crippen LogP contribution in [0.5, 0.6) is 0 Å². The van der Waals surface area contributed by atoms with Crippen molar-refractivity contribution >= 4 is 30.5 Å². The molecule has 0 saturated carbocycles. The van der Waals surface area contributed by atoms with Gasteiger partial charge in [0.2, 0.25) is 11.8 Å². The second-order valence-electron chi connectivity index (χ2n) is 10.4. The highest BCUT2D eigenvalue weighted by Crippen LogP contribution is 2.32. The van der Waals surface area contributed by atoms with Crippen molar-refractivity contribution in [2.75, 3.05) is 12.3 Å². The number of alkyl carbamates (subject to hydrolysis) is 1. The number of terminal acetylenes is 1. The molecule has 0 saturated heterocycles. The van der Waals surface area contributed by atoms with Crippen LogP contribution < -0.4 is 10.6 Å². The lowest BCUT2D eigenvalue weighted by Gasteiger charge is -2.44. The number of thiol groups is 1. The first kappa shape index (κ1) is 31.4. The van der Waals surface area contributed by atoms with Gasteiger partial charge in [0.1, 0.15) is 17.7 Å². The van der Waals surface area contributed by atoms with E-state index in [0.29, 0.717) is 24.1 Å². The third kappa shape index (κ3) is 9.42. The molecular weight excluding hydrogens is 474 g/mol. The predicted octanol–water partition coefficient (Wildman–Crippen LogP) is 4.86. The third-order valence-electron chi connectivity index (χ3n) is 5.91. The van der Waals surface area contributed by atoms with Crippen molar-refractivity contribution in [1.29, 1.82) is 0 Å². The van der Waals surface area contributed by atoms with Gasteiger partial charge in [-0.1, -0.05) is 44.7 Å². The Morgan fingerprint density at radius 1 is 1.08 bits per heavy atom. The molecule has 0 aromatic heterocycles. The van der Waals surface area contributed by atoms with E-state index in [1.54, 1.807) is 49.9 Å². The Bertz CT molecular complexity index is 916. The lowest BCUT2D eigenvalue weighted by atomic mass is 9.91. The van der Waals surface area contributed by atoms with Crippen molar-refractivity contribution in [1.82, 2.24) is 15.5 Å². The molecule has 0 aliphatic heterocycles. The molecule has 0 fully saturated rings. The van der Waals surface area contributed by atoms with Gasteiger partial charge in [0.25, 0.3) is 0 Å². The molecule has 7 nitrogen and oxygen atoms in total. The van der Waals surface area contributed by atoms with Crippen molar-refractivity contribution in [3.8, 4) is 12.3 Å². The largest absolute Gasteiger partial charge is 0.444 e. The minimum absolute atomic E-state index is 0.0369. The molecule has 0 aliphatic carbocycles. The Kier molecular flexibility index (Phi) is 12.4. The lowest BCUT2D eigenvalue weighted by molar-refractivity contribution is -0.148. The highest BCUT2D eigenvalue weighted by molar-refractivity contribution is 7.80. The second kappa shape index (κ2) is 14.2. The highest BCUT2D eigenvalue weighted by atomic mass is 32.1. The Balaban J connectivity index is 3.48. The molecule has 2 atom stereocenters. The number of hydrogen-bond acceptors (Lipinski definition) is 5. The number of ether oxygens (including phenoxy) is 1. The van der Waals surface area contributed by atoms with Crippen LogP contribution in [0.3, 0.4) is 0 Å². The predicted molar refractivity (Wildman–Crippen MR) is 148 cm³/mol. The van der Waals surface area contributed by atoms with E-state index in [4.69, 9.17) is 11.2 Å². The SMILES string of the molecule is C#Cc1ccc(C(C(=O)NCCCCC)N(C(=O)C(CS)NC(=O)OC(C)(C)C)C(C)(C)CC)cc1.